The number of morpholine rings is 1. The van der Waals surface area contributed by atoms with E-state index in [1.165, 1.54) is 0 Å². The Kier molecular flexibility index (Phi) is 4.29. The fraction of sp³-hybridized carbons (Fsp3) is 0.438. The predicted octanol–water partition coefficient (Wildman–Crippen LogP) is 1.14. The van der Waals surface area contributed by atoms with Crippen LogP contribution < -0.4 is 5.76 Å². The lowest BCUT2D eigenvalue weighted by Gasteiger charge is -2.36. The minimum Gasteiger partial charge on any atom is -0.388 e. The third-order valence-electron chi connectivity index (χ3n) is 3.84. The van der Waals surface area contributed by atoms with Gasteiger partial charge >= 0.3 is 5.76 Å². The van der Waals surface area contributed by atoms with Crippen molar-refractivity contribution in [3.05, 3.63) is 40.9 Å². The maximum Gasteiger partial charge on any atom is 0.437 e. The van der Waals surface area contributed by atoms with E-state index in [2.05, 4.69) is 5.10 Å². The Morgan fingerprint density at radius 3 is 2.78 bits per heavy atom. The second-order valence-corrected chi connectivity index (χ2v) is 5.74. The summed E-state index contributed by atoms with van der Waals surface area (Å²) in [4.78, 5) is 26.1. The Hall–Kier alpha value is -2.41. The molecule has 1 fully saturated rings. The molecule has 7 heteroatoms. The number of amides is 1. The molecule has 0 spiro atoms. The van der Waals surface area contributed by atoms with Crippen LogP contribution in [-0.2, 0) is 16.1 Å². The summed E-state index contributed by atoms with van der Waals surface area (Å²) in [6.45, 7) is 4.72. The summed E-state index contributed by atoms with van der Waals surface area (Å²) < 4.78 is 11.7. The summed E-state index contributed by atoms with van der Waals surface area (Å²) in [5.41, 5.74) is 0.698. The monoisotopic (exact) mass is 317 g/mol. The van der Waals surface area contributed by atoms with Crippen molar-refractivity contribution < 1.29 is 13.9 Å². The average molecular weight is 317 g/mol. The van der Waals surface area contributed by atoms with E-state index < -0.39 is 5.76 Å². The van der Waals surface area contributed by atoms with E-state index in [1.54, 1.807) is 17.0 Å². The van der Waals surface area contributed by atoms with Gasteiger partial charge in [0.2, 0.25) is 11.8 Å². The van der Waals surface area contributed by atoms with Crippen LogP contribution in [0.5, 0.6) is 0 Å². The minimum absolute atomic E-state index is 0.0101. The summed E-state index contributed by atoms with van der Waals surface area (Å²) >= 11 is 0. The first-order chi connectivity index (χ1) is 11.0. The largest absolute Gasteiger partial charge is 0.437 e. The molecule has 1 aromatic carbocycles. The number of hydrogen-bond donors (Lipinski definition) is 0. The highest BCUT2D eigenvalue weighted by Gasteiger charge is 2.28. The van der Waals surface area contributed by atoms with E-state index in [4.69, 9.17) is 9.15 Å². The molecular weight excluding hydrogens is 298 g/mol. The van der Waals surface area contributed by atoms with Gasteiger partial charge in [-0.1, -0.05) is 18.2 Å². The van der Waals surface area contributed by atoms with Crippen LogP contribution in [0.15, 0.2) is 39.5 Å². The zero-order chi connectivity index (χ0) is 16.4. The molecule has 0 bridgehead atoms. The smallest absolute Gasteiger partial charge is 0.388 e. The maximum absolute atomic E-state index is 12.5. The van der Waals surface area contributed by atoms with Gasteiger partial charge in [-0.25, -0.2) is 4.79 Å². The lowest BCUT2D eigenvalue weighted by Crippen LogP contribution is -2.51. The van der Waals surface area contributed by atoms with Gasteiger partial charge in [0, 0.05) is 12.1 Å². The summed E-state index contributed by atoms with van der Waals surface area (Å²) in [5.74, 6) is -0.583. The highest BCUT2D eigenvalue weighted by molar-refractivity contribution is 5.76. The van der Waals surface area contributed by atoms with Gasteiger partial charge in [0.15, 0.2) is 0 Å². The van der Waals surface area contributed by atoms with Gasteiger partial charge < -0.3 is 14.1 Å². The van der Waals surface area contributed by atoms with Gasteiger partial charge in [-0.15, -0.1) is 5.10 Å². The molecule has 3 rings (SSSR count). The van der Waals surface area contributed by atoms with E-state index in [0.717, 1.165) is 4.68 Å². The molecule has 0 aliphatic carbocycles. The Morgan fingerprint density at radius 2 is 2.04 bits per heavy atom. The fourth-order valence-electron chi connectivity index (χ4n) is 2.57. The quantitative estimate of drug-likeness (QED) is 0.848. The summed E-state index contributed by atoms with van der Waals surface area (Å²) in [5, 5.41) is 4.12. The van der Waals surface area contributed by atoms with Crippen LogP contribution in [0.2, 0.25) is 0 Å². The molecule has 1 saturated heterocycles. The molecule has 0 N–H and O–H groups in total. The minimum atomic E-state index is -0.633. The van der Waals surface area contributed by atoms with Gasteiger partial charge in [-0.2, -0.15) is 4.68 Å². The summed E-state index contributed by atoms with van der Waals surface area (Å²) in [6, 6.07) is 9.09. The summed E-state index contributed by atoms with van der Waals surface area (Å²) in [6.07, 6.45) is -0.0101. The van der Waals surface area contributed by atoms with Crippen LogP contribution >= 0.6 is 0 Å². The number of ether oxygens (including phenoxy) is 1. The van der Waals surface area contributed by atoms with Gasteiger partial charge in [0.25, 0.3) is 0 Å². The Labute approximate surface area is 133 Å². The van der Waals surface area contributed by atoms with Crippen molar-refractivity contribution in [3.8, 4) is 11.5 Å². The molecule has 0 unspecified atom stereocenters. The third kappa shape index (κ3) is 3.34. The molecule has 1 aromatic heterocycles. The van der Waals surface area contributed by atoms with Crippen LogP contribution in [-0.4, -0.2) is 45.9 Å². The molecule has 7 nitrogen and oxygen atoms in total. The van der Waals surface area contributed by atoms with Crippen LogP contribution in [0.4, 0.5) is 0 Å². The van der Waals surface area contributed by atoms with Crippen LogP contribution in [0, 0.1) is 0 Å². The maximum atomic E-state index is 12.5. The Bertz CT molecular complexity index is 737. The van der Waals surface area contributed by atoms with E-state index >= 15 is 0 Å². The predicted molar refractivity (Wildman–Crippen MR) is 82.8 cm³/mol. The molecule has 1 amide bonds. The van der Waals surface area contributed by atoms with E-state index in [9.17, 15) is 9.59 Å². The van der Waals surface area contributed by atoms with E-state index in [-0.39, 0.29) is 30.5 Å². The van der Waals surface area contributed by atoms with Crippen molar-refractivity contribution in [2.45, 2.75) is 32.5 Å². The molecule has 2 atom stereocenters. The highest BCUT2D eigenvalue weighted by atomic mass is 16.5. The van der Waals surface area contributed by atoms with Gasteiger partial charge in [-0.3, -0.25) is 4.79 Å². The number of benzene rings is 1. The van der Waals surface area contributed by atoms with E-state index in [1.807, 2.05) is 32.0 Å². The molecule has 2 aromatic rings. The number of hydrogen-bond acceptors (Lipinski definition) is 5. The number of aromatic nitrogens is 2. The molecular formula is C16H19N3O4. The topological polar surface area (TPSA) is 77.6 Å². The number of carbonyl (C=O) groups is 1. The normalized spacial score (nSPS) is 21.4. The third-order valence-corrected chi connectivity index (χ3v) is 3.84. The standard InChI is InChI=1S/C16H19N3O4/c1-11-10-22-12(2)8-18(11)14(20)9-19-16(21)23-15(17-19)13-6-4-3-5-7-13/h3-7,11-12H,8-10H2,1-2H3/t11-,12-/m1/s1. The van der Waals surface area contributed by atoms with Crippen molar-refractivity contribution >= 4 is 5.91 Å². The first kappa shape index (κ1) is 15.5. The molecule has 0 radical (unpaired) electrons. The second-order valence-electron chi connectivity index (χ2n) is 5.74. The number of carbonyl (C=O) groups excluding carboxylic acids is 1. The van der Waals surface area contributed by atoms with Gasteiger partial charge in [0.05, 0.1) is 18.8 Å². The lowest BCUT2D eigenvalue weighted by molar-refractivity contribution is -0.144. The van der Waals surface area contributed by atoms with Crippen molar-refractivity contribution in [1.29, 1.82) is 0 Å². The SMILES string of the molecule is C[C@@H]1CN(C(=O)Cn2nc(-c3ccccc3)oc2=O)[C@H](C)CO1. The van der Waals surface area contributed by atoms with Crippen molar-refractivity contribution in [2.24, 2.45) is 0 Å². The molecule has 2 heterocycles. The van der Waals surface area contributed by atoms with Crippen molar-refractivity contribution in [2.75, 3.05) is 13.2 Å². The molecule has 1 aliphatic heterocycles. The second kappa shape index (κ2) is 6.37. The average Bonchev–Trinajstić information content (AvgIpc) is 2.91. The fourth-order valence-corrected chi connectivity index (χ4v) is 2.57. The Balaban J connectivity index is 1.77. The van der Waals surface area contributed by atoms with Crippen LogP contribution in [0.3, 0.4) is 0 Å². The number of rotatable bonds is 3. The van der Waals surface area contributed by atoms with Crippen LogP contribution in [0.1, 0.15) is 13.8 Å². The van der Waals surface area contributed by atoms with Gasteiger partial charge in [-0.05, 0) is 26.0 Å². The zero-order valence-corrected chi connectivity index (χ0v) is 13.1. The van der Waals surface area contributed by atoms with Crippen LogP contribution in [0.25, 0.3) is 11.5 Å². The Morgan fingerprint density at radius 1 is 1.30 bits per heavy atom. The van der Waals surface area contributed by atoms with Crippen molar-refractivity contribution in [1.82, 2.24) is 14.7 Å². The molecule has 23 heavy (non-hydrogen) atoms. The first-order valence-electron chi connectivity index (χ1n) is 7.59. The van der Waals surface area contributed by atoms with E-state index in [0.29, 0.717) is 18.7 Å². The van der Waals surface area contributed by atoms with Gasteiger partial charge in [0.1, 0.15) is 6.54 Å². The lowest BCUT2D eigenvalue weighted by atomic mass is 10.2. The molecule has 122 valence electrons. The highest BCUT2D eigenvalue weighted by Crippen LogP contribution is 2.15. The summed E-state index contributed by atoms with van der Waals surface area (Å²) in [7, 11) is 0. The number of nitrogens with zero attached hydrogens (tertiary/aromatic N) is 3. The first-order valence-corrected chi connectivity index (χ1v) is 7.59. The molecule has 1 aliphatic rings. The van der Waals surface area contributed by atoms with Crippen molar-refractivity contribution in [3.63, 3.8) is 0 Å². The molecule has 0 saturated carbocycles. The zero-order valence-electron chi connectivity index (χ0n) is 13.1.